The second-order valence-corrected chi connectivity index (χ2v) is 1.09. The predicted molar refractivity (Wildman–Crippen MR) is 27.5 cm³/mol. The lowest BCUT2D eigenvalue weighted by Gasteiger charge is -1.94. The van der Waals surface area contributed by atoms with Crippen LogP contribution in [0, 0.1) is 7.43 Å². The van der Waals surface area contributed by atoms with E-state index in [2.05, 4.69) is 0 Å². The third kappa shape index (κ3) is 2.04. The highest BCUT2D eigenvalue weighted by Gasteiger charge is 1.75. The highest BCUT2D eigenvalue weighted by molar-refractivity contribution is 5.02. The van der Waals surface area contributed by atoms with Gasteiger partial charge in [0.05, 0.1) is 6.26 Å². The molecule has 0 N–H and O–H groups in total. The van der Waals surface area contributed by atoms with Crippen LogP contribution >= 0.6 is 0 Å². The molecular weight excluding hydrogens is 88.1 g/mol. The number of ether oxygens (including phenoxy) is 1. The maximum atomic E-state index is 4.80. The van der Waals surface area contributed by atoms with Crippen LogP contribution in [0.2, 0.25) is 0 Å². The van der Waals surface area contributed by atoms with Crippen LogP contribution in [0.5, 0.6) is 0 Å². The SMILES string of the molecule is C1=CCOC=C1.[C]. The quantitative estimate of drug-likeness (QED) is 0.437. The highest BCUT2D eigenvalue weighted by Crippen LogP contribution is 1.87. The third-order valence-electron chi connectivity index (χ3n) is 0.614. The second kappa shape index (κ2) is 3.47. The van der Waals surface area contributed by atoms with Gasteiger partial charge in [-0.1, -0.05) is 6.08 Å². The summed E-state index contributed by atoms with van der Waals surface area (Å²) in [6.45, 7) is 0.733. The minimum atomic E-state index is 0. The van der Waals surface area contributed by atoms with Crippen molar-refractivity contribution in [2.75, 3.05) is 6.61 Å². The molecule has 1 aliphatic heterocycles. The summed E-state index contributed by atoms with van der Waals surface area (Å²) < 4.78 is 4.80. The molecule has 0 aliphatic carbocycles. The van der Waals surface area contributed by atoms with Crippen molar-refractivity contribution in [2.45, 2.75) is 0 Å². The van der Waals surface area contributed by atoms with Crippen LogP contribution < -0.4 is 0 Å². The van der Waals surface area contributed by atoms with E-state index in [1.54, 1.807) is 6.26 Å². The summed E-state index contributed by atoms with van der Waals surface area (Å²) >= 11 is 0. The molecule has 4 radical (unpaired) electrons. The molecule has 0 aromatic carbocycles. The summed E-state index contributed by atoms with van der Waals surface area (Å²) in [5.74, 6) is 0. The lowest BCUT2D eigenvalue weighted by molar-refractivity contribution is 0.286. The first kappa shape index (κ1) is 6.28. The van der Waals surface area contributed by atoms with Gasteiger partial charge in [-0.3, -0.25) is 0 Å². The van der Waals surface area contributed by atoms with Crippen LogP contribution in [0.4, 0.5) is 0 Å². The molecule has 7 heavy (non-hydrogen) atoms. The first-order valence-corrected chi connectivity index (χ1v) is 1.93. The summed E-state index contributed by atoms with van der Waals surface area (Å²) in [6.07, 6.45) is 7.47. The Kier molecular flexibility index (Phi) is 3.11. The molecule has 0 aromatic rings. The monoisotopic (exact) mass is 94.0 g/mol. The fourth-order valence-corrected chi connectivity index (χ4v) is 0.346. The van der Waals surface area contributed by atoms with E-state index in [9.17, 15) is 0 Å². The second-order valence-electron chi connectivity index (χ2n) is 1.09. The molecule has 0 unspecified atom stereocenters. The zero-order valence-electron chi connectivity index (χ0n) is 3.92. The average Bonchev–Trinajstić information content (AvgIpc) is 1.72. The lowest BCUT2D eigenvalue weighted by Crippen LogP contribution is -1.82. The van der Waals surface area contributed by atoms with Crippen molar-refractivity contribution in [3.05, 3.63) is 31.9 Å². The maximum Gasteiger partial charge on any atom is 0.106 e. The molecule has 0 fully saturated rings. The van der Waals surface area contributed by atoms with Gasteiger partial charge in [0, 0.05) is 7.43 Å². The molecule has 36 valence electrons. The first-order chi connectivity index (χ1) is 3.00. The predicted octanol–water partition coefficient (Wildman–Crippen LogP) is 1.17. The molecule has 1 heteroatoms. The van der Waals surface area contributed by atoms with E-state index in [-0.39, 0.29) is 7.43 Å². The minimum Gasteiger partial charge on any atom is -0.497 e. The molecule has 0 aromatic heterocycles. The third-order valence-corrected chi connectivity index (χ3v) is 0.614. The van der Waals surface area contributed by atoms with Gasteiger partial charge in [0.1, 0.15) is 6.61 Å². The van der Waals surface area contributed by atoms with Crippen LogP contribution in [0.25, 0.3) is 0 Å². The summed E-state index contributed by atoms with van der Waals surface area (Å²) in [4.78, 5) is 0. The number of hydrogen-bond acceptors (Lipinski definition) is 1. The molecule has 1 rings (SSSR count). The van der Waals surface area contributed by atoms with Crippen LogP contribution in [-0.4, -0.2) is 6.61 Å². The van der Waals surface area contributed by atoms with E-state index in [4.69, 9.17) is 4.74 Å². The zero-order valence-corrected chi connectivity index (χ0v) is 3.92. The van der Waals surface area contributed by atoms with Gasteiger partial charge in [0.2, 0.25) is 0 Å². The molecule has 0 spiro atoms. The Morgan fingerprint density at radius 2 is 2.14 bits per heavy atom. The van der Waals surface area contributed by atoms with Crippen molar-refractivity contribution < 1.29 is 4.74 Å². The van der Waals surface area contributed by atoms with Gasteiger partial charge in [-0.05, 0) is 12.2 Å². The largest absolute Gasteiger partial charge is 0.497 e. The summed E-state index contributed by atoms with van der Waals surface area (Å²) in [7, 11) is 0. The summed E-state index contributed by atoms with van der Waals surface area (Å²) in [5.41, 5.74) is 0. The van der Waals surface area contributed by atoms with Gasteiger partial charge in [0.25, 0.3) is 0 Å². The Morgan fingerprint density at radius 1 is 1.29 bits per heavy atom. The summed E-state index contributed by atoms with van der Waals surface area (Å²) in [6, 6.07) is 0. The standard InChI is InChI=1S/C5H6O.C/c1-2-4-6-5-3-1;/h1-4H,5H2;. The Hall–Kier alpha value is -0.720. The normalized spacial score (nSPS) is 14.9. The van der Waals surface area contributed by atoms with E-state index >= 15 is 0 Å². The van der Waals surface area contributed by atoms with E-state index in [1.165, 1.54) is 0 Å². The van der Waals surface area contributed by atoms with Crippen molar-refractivity contribution in [3.63, 3.8) is 0 Å². The van der Waals surface area contributed by atoms with E-state index in [0.29, 0.717) is 0 Å². The van der Waals surface area contributed by atoms with Gasteiger partial charge >= 0.3 is 0 Å². The molecule has 0 saturated heterocycles. The van der Waals surface area contributed by atoms with Crippen LogP contribution in [0.3, 0.4) is 0 Å². The minimum absolute atomic E-state index is 0. The fourth-order valence-electron chi connectivity index (χ4n) is 0.346. The molecule has 1 aliphatic rings. The van der Waals surface area contributed by atoms with Gasteiger partial charge in [-0.2, -0.15) is 0 Å². The lowest BCUT2D eigenvalue weighted by atomic mass is 10.5. The van der Waals surface area contributed by atoms with Crippen LogP contribution in [0.15, 0.2) is 24.5 Å². The zero-order chi connectivity index (χ0) is 4.24. The Bertz CT molecular complexity index is 70.2. The van der Waals surface area contributed by atoms with Gasteiger partial charge in [-0.25, -0.2) is 0 Å². The van der Waals surface area contributed by atoms with Crippen molar-refractivity contribution in [2.24, 2.45) is 0 Å². The number of allylic oxidation sites excluding steroid dienone is 2. The first-order valence-electron chi connectivity index (χ1n) is 1.93. The average molecular weight is 94.1 g/mol. The molecule has 0 atom stereocenters. The molecule has 1 heterocycles. The van der Waals surface area contributed by atoms with Crippen LogP contribution in [-0.2, 0) is 4.74 Å². The number of rotatable bonds is 0. The van der Waals surface area contributed by atoms with Gasteiger partial charge < -0.3 is 4.74 Å². The van der Waals surface area contributed by atoms with Crippen molar-refractivity contribution in [3.8, 4) is 0 Å². The Balaban J connectivity index is 0.000000360. The van der Waals surface area contributed by atoms with E-state index in [0.717, 1.165) is 6.61 Å². The van der Waals surface area contributed by atoms with Crippen molar-refractivity contribution >= 4 is 0 Å². The molecule has 0 saturated carbocycles. The van der Waals surface area contributed by atoms with Gasteiger partial charge in [-0.15, -0.1) is 0 Å². The van der Waals surface area contributed by atoms with E-state index in [1.807, 2.05) is 18.2 Å². The highest BCUT2D eigenvalue weighted by atomic mass is 16.5. The van der Waals surface area contributed by atoms with Crippen molar-refractivity contribution in [1.29, 1.82) is 0 Å². The van der Waals surface area contributed by atoms with Crippen LogP contribution in [0.1, 0.15) is 0 Å². The summed E-state index contributed by atoms with van der Waals surface area (Å²) in [5, 5.41) is 0. The van der Waals surface area contributed by atoms with Crippen molar-refractivity contribution in [1.82, 2.24) is 0 Å². The fraction of sp³-hybridized carbons (Fsp3) is 0.167. The Labute approximate surface area is 44.3 Å². The molecular formula is C6H6O. The van der Waals surface area contributed by atoms with Gasteiger partial charge in [0.15, 0.2) is 0 Å². The maximum absolute atomic E-state index is 4.80. The molecule has 0 amide bonds. The van der Waals surface area contributed by atoms with E-state index < -0.39 is 0 Å². The topological polar surface area (TPSA) is 9.23 Å². The smallest absolute Gasteiger partial charge is 0.106 e. The Morgan fingerprint density at radius 3 is 2.29 bits per heavy atom. The molecule has 1 nitrogen and oxygen atoms in total. The molecule has 0 bridgehead atoms. The number of hydrogen-bond donors (Lipinski definition) is 0.